The van der Waals surface area contributed by atoms with Crippen LogP contribution in [0.3, 0.4) is 0 Å². The summed E-state index contributed by atoms with van der Waals surface area (Å²) >= 11 is 0. The fraction of sp³-hybridized carbons (Fsp3) is 0.500. The van der Waals surface area contributed by atoms with Crippen LogP contribution in [0.2, 0.25) is 0 Å². The highest BCUT2D eigenvalue weighted by molar-refractivity contribution is 5.77. The minimum atomic E-state index is -0.528. The highest BCUT2D eigenvalue weighted by Crippen LogP contribution is 2.38. The number of hydrogen-bond acceptors (Lipinski definition) is 5. The van der Waals surface area contributed by atoms with E-state index in [0.717, 1.165) is 18.2 Å². The van der Waals surface area contributed by atoms with E-state index in [1.807, 2.05) is 26.0 Å². The van der Waals surface area contributed by atoms with Crippen molar-refractivity contribution in [3.8, 4) is 5.75 Å². The van der Waals surface area contributed by atoms with Crippen LogP contribution in [0.25, 0.3) is 11.0 Å². The van der Waals surface area contributed by atoms with Gasteiger partial charge in [-0.3, -0.25) is 0 Å². The predicted octanol–water partition coefficient (Wildman–Crippen LogP) is 4.83. The summed E-state index contributed by atoms with van der Waals surface area (Å²) in [6.45, 7) is 10.6. The molecule has 0 aliphatic carbocycles. The minimum Gasteiger partial charge on any atom is -0.489 e. The molecule has 0 radical (unpaired) electrons. The van der Waals surface area contributed by atoms with E-state index in [2.05, 4.69) is 26.8 Å². The molecule has 5 heteroatoms. The first-order valence-corrected chi connectivity index (χ1v) is 9.35. The molecule has 1 atom stereocenters. The van der Waals surface area contributed by atoms with Gasteiger partial charge in [-0.05, 0) is 71.7 Å². The highest BCUT2D eigenvalue weighted by atomic mass is 16.8. The van der Waals surface area contributed by atoms with Gasteiger partial charge in [-0.25, -0.2) is 4.79 Å². The Bertz CT molecular complexity index is 891. The molecule has 1 aromatic heterocycles. The van der Waals surface area contributed by atoms with E-state index in [1.165, 1.54) is 11.6 Å². The third-order valence-electron chi connectivity index (χ3n) is 4.79. The van der Waals surface area contributed by atoms with Gasteiger partial charge in [0.1, 0.15) is 17.9 Å². The average molecular weight is 372 g/mol. The molecule has 1 saturated heterocycles. The lowest BCUT2D eigenvalue weighted by atomic mass is 9.96. The third-order valence-corrected chi connectivity index (χ3v) is 4.79. The molecule has 1 aliphatic rings. The molecule has 0 spiro atoms. The van der Waals surface area contributed by atoms with Gasteiger partial charge in [-0.2, -0.15) is 0 Å². The quantitative estimate of drug-likeness (QED) is 0.537. The summed E-state index contributed by atoms with van der Waals surface area (Å²) < 4.78 is 22.9. The van der Waals surface area contributed by atoms with E-state index in [-0.39, 0.29) is 17.3 Å². The van der Waals surface area contributed by atoms with Gasteiger partial charge in [-0.15, -0.1) is 0 Å². The van der Waals surface area contributed by atoms with Gasteiger partial charge in [0, 0.05) is 17.5 Å². The highest BCUT2D eigenvalue weighted by Gasteiger charge is 2.46. The average Bonchev–Trinajstić information content (AvgIpc) is 2.79. The zero-order valence-corrected chi connectivity index (χ0v) is 16.7. The van der Waals surface area contributed by atoms with Crippen molar-refractivity contribution in [3.63, 3.8) is 0 Å². The second-order valence-corrected chi connectivity index (χ2v) is 8.07. The summed E-state index contributed by atoms with van der Waals surface area (Å²) in [6, 6.07) is 8.66. The summed E-state index contributed by atoms with van der Waals surface area (Å²) in [4.78, 5) is 11.3. The van der Waals surface area contributed by atoms with Gasteiger partial charge in [0.25, 0.3) is 0 Å². The molecular formula is C22H28O5. The smallest absolute Gasteiger partial charge is 0.336 e. The van der Waals surface area contributed by atoms with Crippen LogP contribution in [0.5, 0.6) is 5.75 Å². The lowest BCUT2D eigenvalue weighted by Gasteiger charge is -2.24. The monoisotopic (exact) mass is 372 g/mol. The maximum absolute atomic E-state index is 11.3. The molecule has 1 aliphatic heterocycles. The Balaban J connectivity index is 1.53. The van der Waals surface area contributed by atoms with Crippen LogP contribution in [-0.2, 0) is 9.47 Å². The largest absolute Gasteiger partial charge is 0.489 e. The van der Waals surface area contributed by atoms with Crippen molar-refractivity contribution in [1.29, 1.82) is 0 Å². The number of benzene rings is 1. The van der Waals surface area contributed by atoms with Crippen LogP contribution in [0.1, 0.15) is 47.5 Å². The third kappa shape index (κ3) is 4.99. The molecule has 0 bridgehead atoms. The van der Waals surface area contributed by atoms with Crippen molar-refractivity contribution in [2.75, 3.05) is 6.61 Å². The number of hydrogen-bond donors (Lipinski definition) is 0. The van der Waals surface area contributed by atoms with E-state index >= 15 is 0 Å². The summed E-state index contributed by atoms with van der Waals surface area (Å²) in [7, 11) is 0. The second kappa shape index (κ2) is 7.49. The van der Waals surface area contributed by atoms with E-state index in [4.69, 9.17) is 18.6 Å². The van der Waals surface area contributed by atoms with E-state index < -0.39 is 5.79 Å². The summed E-state index contributed by atoms with van der Waals surface area (Å²) in [5.74, 6) is 0.149. The first-order valence-electron chi connectivity index (χ1n) is 9.35. The Kier molecular flexibility index (Phi) is 5.45. The normalized spacial score (nSPS) is 21.5. The van der Waals surface area contributed by atoms with Crippen molar-refractivity contribution < 1.29 is 18.6 Å². The molecular weight excluding hydrogens is 344 g/mol. The van der Waals surface area contributed by atoms with Crippen molar-refractivity contribution in [1.82, 2.24) is 0 Å². The molecule has 1 aromatic carbocycles. The molecule has 2 heterocycles. The Labute approximate surface area is 159 Å². The number of ether oxygens (including phenoxy) is 3. The van der Waals surface area contributed by atoms with Gasteiger partial charge in [0.2, 0.25) is 0 Å². The Morgan fingerprint density at radius 1 is 1.19 bits per heavy atom. The van der Waals surface area contributed by atoms with Gasteiger partial charge in [0.05, 0.1) is 11.7 Å². The topological polar surface area (TPSA) is 57.9 Å². The molecule has 0 amide bonds. The summed E-state index contributed by atoms with van der Waals surface area (Å²) in [5.41, 5.74) is 1.13. The molecule has 2 aromatic rings. The Morgan fingerprint density at radius 2 is 1.93 bits per heavy atom. The van der Waals surface area contributed by atoms with Gasteiger partial charge in [0.15, 0.2) is 5.79 Å². The SMILES string of the molecule is CC(=CCOc1ccc2ccc(=O)oc2c1)CC[C@H]1OC(C)(C)OC1(C)C. The first kappa shape index (κ1) is 19.6. The molecule has 27 heavy (non-hydrogen) atoms. The standard InChI is InChI=1S/C22H28O5/c1-15(6-10-19-21(2,3)27-22(4,5)26-19)12-13-24-17-9-7-16-8-11-20(23)25-18(16)14-17/h7-9,11-12,14,19H,6,10,13H2,1-5H3/t19-/m1/s1. The van der Waals surface area contributed by atoms with Crippen LogP contribution >= 0.6 is 0 Å². The molecule has 0 saturated carbocycles. The molecule has 146 valence electrons. The number of fused-ring (bicyclic) bond motifs is 1. The first-order chi connectivity index (χ1) is 12.6. The van der Waals surface area contributed by atoms with Gasteiger partial charge >= 0.3 is 5.63 Å². The van der Waals surface area contributed by atoms with Gasteiger partial charge < -0.3 is 18.6 Å². The zero-order valence-electron chi connectivity index (χ0n) is 16.7. The van der Waals surface area contributed by atoms with Crippen molar-refractivity contribution in [2.45, 2.75) is 65.0 Å². The van der Waals surface area contributed by atoms with E-state index in [1.54, 1.807) is 12.1 Å². The maximum atomic E-state index is 11.3. The Hall–Kier alpha value is -2.11. The predicted molar refractivity (Wildman–Crippen MR) is 105 cm³/mol. The molecule has 5 nitrogen and oxygen atoms in total. The lowest BCUT2D eigenvalue weighted by Crippen LogP contribution is -2.33. The summed E-state index contributed by atoms with van der Waals surface area (Å²) in [6.07, 6.45) is 3.96. The van der Waals surface area contributed by atoms with Crippen LogP contribution in [0.15, 0.2) is 51.2 Å². The zero-order chi connectivity index (χ0) is 19.7. The fourth-order valence-electron chi connectivity index (χ4n) is 3.49. The molecule has 3 rings (SSSR count). The van der Waals surface area contributed by atoms with E-state index in [9.17, 15) is 4.79 Å². The molecule has 1 fully saturated rings. The molecule has 0 unspecified atom stereocenters. The number of rotatable bonds is 6. The Morgan fingerprint density at radius 3 is 2.63 bits per heavy atom. The van der Waals surface area contributed by atoms with Gasteiger partial charge in [-0.1, -0.05) is 5.57 Å². The lowest BCUT2D eigenvalue weighted by molar-refractivity contribution is -0.157. The second-order valence-electron chi connectivity index (χ2n) is 8.07. The summed E-state index contributed by atoms with van der Waals surface area (Å²) in [5, 5.41) is 0.873. The van der Waals surface area contributed by atoms with Crippen LogP contribution in [0, 0.1) is 0 Å². The fourth-order valence-corrected chi connectivity index (χ4v) is 3.49. The molecule has 0 N–H and O–H groups in total. The van der Waals surface area contributed by atoms with Crippen molar-refractivity contribution >= 4 is 11.0 Å². The maximum Gasteiger partial charge on any atom is 0.336 e. The van der Waals surface area contributed by atoms with E-state index in [0.29, 0.717) is 17.9 Å². The number of allylic oxidation sites excluding steroid dienone is 1. The van der Waals surface area contributed by atoms with Crippen LogP contribution in [0.4, 0.5) is 0 Å². The van der Waals surface area contributed by atoms with Crippen LogP contribution in [-0.4, -0.2) is 24.1 Å². The minimum absolute atomic E-state index is 0.0696. The van der Waals surface area contributed by atoms with Crippen LogP contribution < -0.4 is 10.4 Å². The van der Waals surface area contributed by atoms with Crippen molar-refractivity contribution in [2.24, 2.45) is 0 Å². The van der Waals surface area contributed by atoms with Crippen molar-refractivity contribution in [3.05, 3.63) is 52.4 Å².